The summed E-state index contributed by atoms with van der Waals surface area (Å²) in [5.41, 5.74) is 0. The van der Waals surface area contributed by atoms with Gasteiger partial charge in [0.25, 0.3) is 0 Å². The third kappa shape index (κ3) is 5.93. The molecule has 2 aliphatic heterocycles. The Labute approximate surface area is 129 Å². The van der Waals surface area contributed by atoms with Gasteiger partial charge in [-0.05, 0) is 52.2 Å². The Morgan fingerprint density at radius 2 is 1.90 bits per heavy atom. The minimum absolute atomic E-state index is 0.231. The molecule has 0 spiro atoms. The molecule has 122 valence electrons. The lowest BCUT2D eigenvalue weighted by molar-refractivity contribution is -0.121. The molecule has 5 heteroatoms. The van der Waals surface area contributed by atoms with Gasteiger partial charge < -0.3 is 15.5 Å². The molecule has 2 aliphatic rings. The van der Waals surface area contributed by atoms with Crippen molar-refractivity contribution in [1.82, 2.24) is 20.4 Å². The molecule has 0 bridgehead atoms. The van der Waals surface area contributed by atoms with Crippen molar-refractivity contribution in [3.8, 4) is 0 Å². The Kier molecular flexibility index (Phi) is 6.93. The Balaban J connectivity index is 1.57. The van der Waals surface area contributed by atoms with E-state index in [1.54, 1.807) is 0 Å². The van der Waals surface area contributed by atoms with Crippen LogP contribution < -0.4 is 10.6 Å². The molecule has 1 unspecified atom stereocenters. The Hall–Kier alpha value is -0.650. The van der Waals surface area contributed by atoms with E-state index in [4.69, 9.17) is 0 Å². The van der Waals surface area contributed by atoms with Crippen molar-refractivity contribution < 1.29 is 4.79 Å². The average Bonchev–Trinajstić information content (AvgIpc) is 2.52. The largest absolute Gasteiger partial charge is 0.355 e. The van der Waals surface area contributed by atoms with Crippen LogP contribution in [0.1, 0.15) is 32.6 Å². The van der Waals surface area contributed by atoms with Crippen LogP contribution in [0.4, 0.5) is 0 Å². The van der Waals surface area contributed by atoms with Gasteiger partial charge in [0.1, 0.15) is 0 Å². The molecule has 0 aromatic heterocycles. The van der Waals surface area contributed by atoms with Gasteiger partial charge in [0.15, 0.2) is 0 Å². The maximum atomic E-state index is 12.0. The predicted molar refractivity (Wildman–Crippen MR) is 86.4 cm³/mol. The number of nitrogens with zero attached hydrogens (tertiary/aromatic N) is 2. The number of rotatable bonds is 6. The van der Waals surface area contributed by atoms with E-state index in [2.05, 4.69) is 34.4 Å². The predicted octanol–water partition coefficient (Wildman–Crippen LogP) is 0.518. The van der Waals surface area contributed by atoms with E-state index in [1.807, 2.05) is 0 Å². The summed E-state index contributed by atoms with van der Waals surface area (Å²) in [6.45, 7) is 9.74. The van der Waals surface area contributed by atoms with Gasteiger partial charge in [-0.15, -0.1) is 0 Å². The number of carbonyl (C=O) groups is 1. The average molecular weight is 296 g/mol. The van der Waals surface area contributed by atoms with E-state index in [9.17, 15) is 4.79 Å². The van der Waals surface area contributed by atoms with Crippen molar-refractivity contribution in [2.45, 2.75) is 38.6 Å². The molecule has 2 saturated heterocycles. The molecule has 1 atom stereocenters. The summed E-state index contributed by atoms with van der Waals surface area (Å²) in [5.74, 6) is 0.974. The summed E-state index contributed by atoms with van der Waals surface area (Å²) in [7, 11) is 2.17. The molecule has 0 saturated carbocycles. The van der Waals surface area contributed by atoms with Gasteiger partial charge in [0.2, 0.25) is 5.91 Å². The normalized spacial score (nSPS) is 23.9. The van der Waals surface area contributed by atoms with Gasteiger partial charge in [-0.2, -0.15) is 0 Å². The Bertz CT molecular complexity index is 309. The summed E-state index contributed by atoms with van der Waals surface area (Å²) in [6.07, 6.45) is 4.20. The molecule has 0 aliphatic carbocycles. The quantitative estimate of drug-likeness (QED) is 0.750. The second-order valence-corrected chi connectivity index (χ2v) is 6.72. The molecule has 2 rings (SSSR count). The highest BCUT2D eigenvalue weighted by atomic mass is 16.1. The maximum Gasteiger partial charge on any atom is 0.220 e. The number of hydrogen-bond donors (Lipinski definition) is 2. The summed E-state index contributed by atoms with van der Waals surface area (Å²) >= 11 is 0. The Morgan fingerprint density at radius 3 is 2.57 bits per heavy atom. The molecule has 0 aromatic carbocycles. The smallest absolute Gasteiger partial charge is 0.220 e. The van der Waals surface area contributed by atoms with Crippen LogP contribution in [-0.4, -0.2) is 74.6 Å². The maximum absolute atomic E-state index is 12.0. The first-order valence-corrected chi connectivity index (χ1v) is 8.55. The lowest BCUT2D eigenvalue weighted by atomic mass is 9.93. The van der Waals surface area contributed by atoms with Crippen LogP contribution in [0.25, 0.3) is 0 Å². The third-order valence-electron chi connectivity index (χ3n) is 4.99. The van der Waals surface area contributed by atoms with Crippen LogP contribution in [0.2, 0.25) is 0 Å². The molecule has 21 heavy (non-hydrogen) atoms. The summed E-state index contributed by atoms with van der Waals surface area (Å²) < 4.78 is 0. The minimum atomic E-state index is 0.231. The zero-order valence-electron chi connectivity index (χ0n) is 13.7. The highest BCUT2D eigenvalue weighted by molar-refractivity contribution is 5.75. The van der Waals surface area contributed by atoms with E-state index < -0.39 is 0 Å². The molecule has 0 aromatic rings. The number of piperazine rings is 1. The minimum Gasteiger partial charge on any atom is -0.355 e. The topological polar surface area (TPSA) is 47.6 Å². The van der Waals surface area contributed by atoms with Crippen molar-refractivity contribution >= 4 is 5.91 Å². The van der Waals surface area contributed by atoms with Crippen molar-refractivity contribution in [2.24, 2.45) is 5.92 Å². The fourth-order valence-corrected chi connectivity index (χ4v) is 3.25. The fourth-order valence-electron chi connectivity index (χ4n) is 3.25. The zero-order valence-corrected chi connectivity index (χ0v) is 13.7. The number of hydrogen-bond acceptors (Lipinski definition) is 4. The zero-order chi connectivity index (χ0) is 15.1. The summed E-state index contributed by atoms with van der Waals surface area (Å²) in [6, 6.07) is 0.446. The van der Waals surface area contributed by atoms with Gasteiger partial charge in [-0.1, -0.05) is 0 Å². The second-order valence-electron chi connectivity index (χ2n) is 6.72. The SMILES string of the molecule is CC(CNC(=O)CCC1CCNCC1)N1CCN(C)CC1. The van der Waals surface area contributed by atoms with E-state index in [1.165, 1.54) is 12.8 Å². The molecule has 1 amide bonds. The number of nitrogens with one attached hydrogen (secondary N) is 2. The van der Waals surface area contributed by atoms with Crippen molar-refractivity contribution in [1.29, 1.82) is 0 Å². The molecule has 2 heterocycles. The molecule has 0 radical (unpaired) electrons. The first kappa shape index (κ1) is 16.7. The lowest BCUT2D eigenvalue weighted by Gasteiger charge is -2.36. The van der Waals surface area contributed by atoms with Crippen molar-refractivity contribution in [2.75, 3.05) is 52.9 Å². The first-order chi connectivity index (χ1) is 10.1. The van der Waals surface area contributed by atoms with Crippen LogP contribution in [-0.2, 0) is 4.79 Å². The van der Waals surface area contributed by atoms with E-state index in [-0.39, 0.29) is 5.91 Å². The van der Waals surface area contributed by atoms with Gasteiger partial charge >= 0.3 is 0 Å². The molecule has 2 N–H and O–H groups in total. The highest BCUT2D eigenvalue weighted by Crippen LogP contribution is 2.17. The van der Waals surface area contributed by atoms with E-state index >= 15 is 0 Å². The van der Waals surface area contributed by atoms with Crippen LogP contribution in [0.15, 0.2) is 0 Å². The van der Waals surface area contributed by atoms with E-state index in [0.29, 0.717) is 12.5 Å². The van der Waals surface area contributed by atoms with Crippen LogP contribution >= 0.6 is 0 Å². The van der Waals surface area contributed by atoms with Gasteiger partial charge in [0.05, 0.1) is 0 Å². The third-order valence-corrected chi connectivity index (χ3v) is 4.99. The van der Waals surface area contributed by atoms with Gasteiger partial charge in [-0.3, -0.25) is 9.69 Å². The number of carbonyl (C=O) groups excluding carboxylic acids is 1. The molecule has 2 fully saturated rings. The Morgan fingerprint density at radius 1 is 1.24 bits per heavy atom. The van der Waals surface area contributed by atoms with Gasteiger partial charge in [-0.25, -0.2) is 0 Å². The van der Waals surface area contributed by atoms with Crippen LogP contribution in [0, 0.1) is 5.92 Å². The van der Waals surface area contributed by atoms with Crippen molar-refractivity contribution in [3.05, 3.63) is 0 Å². The van der Waals surface area contributed by atoms with Crippen LogP contribution in [0.3, 0.4) is 0 Å². The fraction of sp³-hybridized carbons (Fsp3) is 0.938. The van der Waals surface area contributed by atoms with Crippen LogP contribution in [0.5, 0.6) is 0 Å². The second kappa shape index (κ2) is 8.71. The van der Waals surface area contributed by atoms with Crippen molar-refractivity contribution in [3.63, 3.8) is 0 Å². The number of amides is 1. The number of piperidine rings is 1. The standard InChI is InChI=1S/C16H32N4O/c1-14(20-11-9-19(2)10-12-20)13-18-16(21)4-3-15-5-7-17-8-6-15/h14-15,17H,3-13H2,1-2H3,(H,18,21). The van der Waals surface area contributed by atoms with Gasteiger partial charge in [0, 0.05) is 45.2 Å². The lowest BCUT2D eigenvalue weighted by Crippen LogP contribution is -2.51. The summed E-state index contributed by atoms with van der Waals surface area (Å²) in [5, 5.41) is 6.49. The number of likely N-dealkylation sites (N-methyl/N-ethyl adjacent to an activating group) is 1. The highest BCUT2D eigenvalue weighted by Gasteiger charge is 2.20. The van der Waals surface area contributed by atoms with E-state index in [0.717, 1.165) is 58.2 Å². The molecular weight excluding hydrogens is 264 g/mol. The monoisotopic (exact) mass is 296 g/mol. The molecule has 5 nitrogen and oxygen atoms in total. The molecular formula is C16H32N4O. The summed E-state index contributed by atoms with van der Waals surface area (Å²) in [4.78, 5) is 16.8. The first-order valence-electron chi connectivity index (χ1n) is 8.55.